The van der Waals surface area contributed by atoms with Crippen molar-refractivity contribution in [2.24, 2.45) is 0 Å². The molecule has 1 fully saturated rings. The standard InChI is InChI=1S/C20H19N3O7/c24-17(10-29-11-18(25)26)22-5-6-23-15(9-22)19(27)21-14-4-3-12(8-13(14)20(23)28)16-2-1-7-30-16/h1-4,7-8,15H,5-6,9-11H2,(H,21,27)(H,25,26)/p-1/t15-/m0/s1. The first kappa shape index (κ1) is 19.6. The summed E-state index contributed by atoms with van der Waals surface area (Å²) < 4.78 is 10.2. The second-order valence-corrected chi connectivity index (χ2v) is 6.95. The van der Waals surface area contributed by atoms with Gasteiger partial charge in [-0.3, -0.25) is 14.4 Å². The molecule has 10 heteroatoms. The average molecular weight is 412 g/mol. The Kier molecular flexibility index (Phi) is 5.23. The molecule has 30 heavy (non-hydrogen) atoms. The van der Waals surface area contributed by atoms with Crippen LogP contribution in [0.3, 0.4) is 0 Å². The zero-order chi connectivity index (χ0) is 21.3. The van der Waals surface area contributed by atoms with Crippen molar-refractivity contribution >= 4 is 29.4 Å². The van der Waals surface area contributed by atoms with Crippen LogP contribution in [0.1, 0.15) is 10.4 Å². The van der Waals surface area contributed by atoms with Gasteiger partial charge in [0.05, 0.1) is 36.6 Å². The molecule has 156 valence electrons. The molecule has 3 amide bonds. The van der Waals surface area contributed by atoms with Crippen LogP contribution in [0.25, 0.3) is 11.3 Å². The number of fused-ring (bicyclic) bond motifs is 2. The van der Waals surface area contributed by atoms with E-state index in [4.69, 9.17) is 9.15 Å². The minimum Gasteiger partial charge on any atom is -0.548 e. The smallest absolute Gasteiger partial charge is 0.256 e. The highest BCUT2D eigenvalue weighted by molar-refractivity contribution is 6.10. The molecule has 1 aromatic carbocycles. The van der Waals surface area contributed by atoms with Crippen LogP contribution < -0.4 is 10.4 Å². The summed E-state index contributed by atoms with van der Waals surface area (Å²) in [6.45, 7) is -0.779. The van der Waals surface area contributed by atoms with Crippen molar-refractivity contribution in [3.8, 4) is 11.3 Å². The van der Waals surface area contributed by atoms with Gasteiger partial charge in [0.1, 0.15) is 18.4 Å². The highest BCUT2D eigenvalue weighted by Crippen LogP contribution is 2.30. The van der Waals surface area contributed by atoms with E-state index in [-0.39, 0.29) is 25.5 Å². The van der Waals surface area contributed by atoms with Crippen molar-refractivity contribution in [2.45, 2.75) is 6.04 Å². The lowest BCUT2D eigenvalue weighted by atomic mass is 10.1. The van der Waals surface area contributed by atoms with Gasteiger partial charge < -0.3 is 34.2 Å². The monoisotopic (exact) mass is 412 g/mol. The Bertz CT molecular complexity index is 1000. The number of hydrogen-bond acceptors (Lipinski definition) is 7. The number of piperazine rings is 1. The van der Waals surface area contributed by atoms with E-state index in [1.165, 1.54) is 16.1 Å². The summed E-state index contributed by atoms with van der Waals surface area (Å²) in [6, 6.07) is 7.73. The maximum absolute atomic E-state index is 13.2. The number of carboxylic acid groups (broad SMARTS) is 1. The van der Waals surface area contributed by atoms with E-state index in [0.717, 1.165) is 0 Å². The van der Waals surface area contributed by atoms with E-state index >= 15 is 0 Å². The largest absolute Gasteiger partial charge is 0.548 e. The second-order valence-electron chi connectivity index (χ2n) is 6.95. The summed E-state index contributed by atoms with van der Waals surface area (Å²) in [7, 11) is 0. The number of amides is 3. The quantitative estimate of drug-likeness (QED) is 0.688. The molecule has 1 aromatic heterocycles. The SMILES string of the molecule is O=C([O-])COCC(=O)N1CCN2C(=O)c3cc(-c4ccco4)ccc3NC(=O)[C@@H]2C1. The van der Waals surface area contributed by atoms with Crippen LogP contribution in [0.15, 0.2) is 41.0 Å². The van der Waals surface area contributed by atoms with Gasteiger partial charge >= 0.3 is 0 Å². The maximum atomic E-state index is 13.2. The van der Waals surface area contributed by atoms with Crippen LogP contribution >= 0.6 is 0 Å². The van der Waals surface area contributed by atoms with Gasteiger partial charge in [0, 0.05) is 18.7 Å². The first-order valence-electron chi connectivity index (χ1n) is 9.29. The Morgan fingerprint density at radius 2 is 2.03 bits per heavy atom. The molecule has 1 atom stereocenters. The number of nitrogens with zero attached hydrogens (tertiary/aromatic N) is 2. The van der Waals surface area contributed by atoms with E-state index in [2.05, 4.69) is 5.32 Å². The molecule has 0 bridgehead atoms. The predicted octanol–water partition coefficient (Wildman–Crippen LogP) is -0.682. The summed E-state index contributed by atoms with van der Waals surface area (Å²) in [5.41, 5.74) is 1.44. The Morgan fingerprint density at radius 1 is 1.20 bits per heavy atom. The topological polar surface area (TPSA) is 132 Å². The van der Waals surface area contributed by atoms with Gasteiger partial charge in [0.2, 0.25) is 11.8 Å². The summed E-state index contributed by atoms with van der Waals surface area (Å²) >= 11 is 0. The molecule has 3 heterocycles. The summed E-state index contributed by atoms with van der Waals surface area (Å²) in [5, 5.41) is 13.2. The van der Waals surface area contributed by atoms with E-state index in [0.29, 0.717) is 22.6 Å². The van der Waals surface area contributed by atoms with Crippen LogP contribution in [-0.2, 0) is 19.1 Å². The number of furan rings is 1. The Hall–Kier alpha value is -3.66. The lowest BCUT2D eigenvalue weighted by Crippen LogP contribution is -2.60. The molecule has 2 aromatic rings. The third kappa shape index (κ3) is 3.77. The van der Waals surface area contributed by atoms with E-state index in [1.807, 2.05) is 0 Å². The van der Waals surface area contributed by atoms with Crippen LogP contribution in [-0.4, -0.2) is 72.4 Å². The van der Waals surface area contributed by atoms with Crippen molar-refractivity contribution in [2.75, 3.05) is 38.2 Å². The van der Waals surface area contributed by atoms with E-state index in [9.17, 15) is 24.3 Å². The lowest BCUT2D eigenvalue weighted by Gasteiger charge is -2.39. The highest BCUT2D eigenvalue weighted by Gasteiger charge is 2.40. The summed E-state index contributed by atoms with van der Waals surface area (Å²) in [6.07, 6.45) is 1.54. The lowest BCUT2D eigenvalue weighted by molar-refractivity contribution is -0.309. The molecule has 2 aliphatic heterocycles. The third-order valence-electron chi connectivity index (χ3n) is 5.06. The van der Waals surface area contributed by atoms with Crippen molar-refractivity contribution in [1.82, 2.24) is 9.80 Å². The first-order chi connectivity index (χ1) is 14.4. The molecule has 0 radical (unpaired) electrons. The molecule has 2 aliphatic rings. The normalized spacial score (nSPS) is 18.3. The third-order valence-corrected chi connectivity index (χ3v) is 5.06. The molecule has 4 rings (SSSR count). The van der Waals surface area contributed by atoms with Gasteiger partial charge in [-0.05, 0) is 30.3 Å². The van der Waals surface area contributed by atoms with Gasteiger partial charge in [0.25, 0.3) is 5.91 Å². The number of hydrogen-bond donors (Lipinski definition) is 1. The van der Waals surface area contributed by atoms with Crippen molar-refractivity contribution in [1.29, 1.82) is 0 Å². The summed E-state index contributed by atoms with van der Waals surface area (Å²) in [4.78, 5) is 51.4. The number of nitrogens with one attached hydrogen (secondary N) is 1. The molecule has 1 saturated heterocycles. The van der Waals surface area contributed by atoms with Crippen molar-refractivity contribution in [3.63, 3.8) is 0 Å². The molecule has 10 nitrogen and oxygen atoms in total. The fourth-order valence-corrected chi connectivity index (χ4v) is 3.59. The highest BCUT2D eigenvalue weighted by atomic mass is 16.5. The van der Waals surface area contributed by atoms with Crippen LogP contribution in [0.2, 0.25) is 0 Å². The van der Waals surface area contributed by atoms with Gasteiger partial charge in [-0.1, -0.05) is 0 Å². The zero-order valence-corrected chi connectivity index (χ0v) is 15.8. The Morgan fingerprint density at radius 3 is 2.77 bits per heavy atom. The van der Waals surface area contributed by atoms with E-state index in [1.54, 1.807) is 30.3 Å². The number of carbonyl (C=O) groups is 4. The Labute approximate surface area is 171 Å². The number of ether oxygens (including phenoxy) is 1. The molecular formula is C20H18N3O7-. The number of rotatable bonds is 5. The maximum Gasteiger partial charge on any atom is 0.256 e. The van der Waals surface area contributed by atoms with Gasteiger partial charge in [-0.15, -0.1) is 0 Å². The molecule has 0 saturated carbocycles. The van der Waals surface area contributed by atoms with Crippen molar-refractivity contribution < 1.29 is 33.4 Å². The van der Waals surface area contributed by atoms with Crippen LogP contribution in [0.5, 0.6) is 0 Å². The average Bonchev–Trinajstić information content (AvgIpc) is 3.24. The number of anilines is 1. The van der Waals surface area contributed by atoms with Crippen molar-refractivity contribution in [3.05, 3.63) is 42.2 Å². The fraction of sp³-hybridized carbons (Fsp3) is 0.300. The summed E-state index contributed by atoms with van der Waals surface area (Å²) in [5.74, 6) is -2.00. The Balaban J connectivity index is 1.52. The van der Waals surface area contributed by atoms with Gasteiger partial charge in [-0.25, -0.2) is 0 Å². The molecule has 1 N–H and O–H groups in total. The second kappa shape index (κ2) is 7.99. The number of carbonyl (C=O) groups excluding carboxylic acids is 4. The minimum atomic E-state index is -1.42. The molecular weight excluding hydrogens is 394 g/mol. The number of carboxylic acids is 1. The predicted molar refractivity (Wildman–Crippen MR) is 100 cm³/mol. The van der Waals surface area contributed by atoms with Gasteiger partial charge in [-0.2, -0.15) is 0 Å². The fourth-order valence-electron chi connectivity index (χ4n) is 3.59. The first-order valence-corrected chi connectivity index (χ1v) is 9.29. The minimum absolute atomic E-state index is 0.00980. The molecule has 0 spiro atoms. The zero-order valence-electron chi connectivity index (χ0n) is 15.8. The molecule has 0 unspecified atom stereocenters. The molecule has 0 aliphatic carbocycles. The van der Waals surface area contributed by atoms with E-state index < -0.39 is 37.0 Å². The number of benzene rings is 1. The van der Waals surface area contributed by atoms with Gasteiger partial charge in [0.15, 0.2) is 0 Å². The van der Waals surface area contributed by atoms with Crippen LogP contribution in [0, 0.1) is 0 Å². The number of aliphatic carboxylic acids is 1. The van der Waals surface area contributed by atoms with Crippen LogP contribution in [0.4, 0.5) is 5.69 Å².